The molecule has 3 nitrogen and oxygen atoms in total. The summed E-state index contributed by atoms with van der Waals surface area (Å²) in [4.78, 5) is 0. The second-order valence-corrected chi connectivity index (χ2v) is 11.8. The van der Waals surface area contributed by atoms with Gasteiger partial charge in [0.1, 0.15) is 61.7 Å². The molecule has 0 fully saturated rings. The van der Waals surface area contributed by atoms with Crippen LogP contribution < -0.4 is 14.2 Å². The normalized spacial score (nSPS) is 11.1. The van der Waals surface area contributed by atoms with Crippen molar-refractivity contribution in [3.8, 4) is 34.5 Å². The first-order valence-electron chi connectivity index (χ1n) is 9.98. The highest BCUT2D eigenvalue weighted by molar-refractivity contribution is 6.52. The number of hydrogen-bond acceptors (Lipinski definition) is 3. The van der Waals surface area contributed by atoms with Gasteiger partial charge in [0.25, 0.3) is 0 Å². The Kier molecular flexibility index (Phi) is 10.5. The van der Waals surface area contributed by atoms with Gasteiger partial charge in [0, 0.05) is 0 Å². The molecule has 0 aliphatic carbocycles. The third-order valence-corrected chi connectivity index (χ3v) is 9.70. The van der Waals surface area contributed by atoms with Crippen LogP contribution in [0.3, 0.4) is 0 Å². The van der Waals surface area contributed by atoms with Crippen LogP contribution in [0.25, 0.3) is 0 Å². The third kappa shape index (κ3) is 6.27. The molecule has 0 aliphatic heterocycles. The van der Waals surface area contributed by atoms with E-state index in [4.69, 9.17) is 153 Å². The predicted molar refractivity (Wildman–Crippen MR) is 166 cm³/mol. The van der Waals surface area contributed by atoms with Crippen LogP contribution in [-0.4, -0.2) is 0 Å². The summed E-state index contributed by atoms with van der Waals surface area (Å²) in [5.74, 6) is -0.371. The van der Waals surface area contributed by atoms with Crippen molar-refractivity contribution < 1.29 is 14.2 Å². The highest BCUT2D eigenvalue weighted by Crippen LogP contribution is 2.57. The van der Waals surface area contributed by atoms with Crippen LogP contribution in [0.5, 0.6) is 34.5 Å². The van der Waals surface area contributed by atoms with Gasteiger partial charge in [0.2, 0.25) is 0 Å². The Morgan fingerprint density at radius 3 is 0.846 bits per heavy atom. The second kappa shape index (κ2) is 13.0. The molecule has 4 rings (SSSR count). The fourth-order valence-corrected chi connectivity index (χ4v) is 5.59. The zero-order chi connectivity index (χ0) is 28.8. The Morgan fingerprint density at radius 2 is 0.564 bits per heavy atom. The molecule has 0 N–H and O–H groups in total. The quantitative estimate of drug-likeness (QED) is 0.183. The average Bonchev–Trinajstić information content (AvgIpc) is 2.91. The molecule has 204 valence electrons. The molecular weight excluding hydrogens is 762 g/mol. The Balaban J connectivity index is 1.76. The minimum absolute atomic E-state index is 0.111. The highest BCUT2D eigenvalue weighted by Gasteiger charge is 2.29. The van der Waals surface area contributed by atoms with Crippen LogP contribution >= 0.6 is 139 Å². The lowest BCUT2D eigenvalue weighted by Crippen LogP contribution is -1.97. The summed E-state index contributed by atoms with van der Waals surface area (Å²) in [7, 11) is 0. The van der Waals surface area contributed by atoms with Gasteiger partial charge < -0.3 is 14.2 Å². The molecule has 0 spiro atoms. The van der Waals surface area contributed by atoms with E-state index in [1.807, 2.05) is 0 Å². The van der Waals surface area contributed by atoms with Crippen molar-refractivity contribution in [2.45, 2.75) is 0 Å². The molecule has 0 unspecified atom stereocenters. The largest absolute Gasteiger partial charge is 0.452 e. The molecule has 0 amide bonds. The minimum atomic E-state index is -0.222. The van der Waals surface area contributed by atoms with E-state index in [0.717, 1.165) is 0 Å². The number of rotatable bonds is 6. The van der Waals surface area contributed by atoms with E-state index >= 15 is 0 Å². The van der Waals surface area contributed by atoms with E-state index in [1.54, 1.807) is 24.3 Å². The lowest BCUT2D eigenvalue weighted by molar-refractivity contribution is 0.465. The molecule has 0 heterocycles. The molecule has 0 bridgehead atoms. The van der Waals surface area contributed by atoms with Crippen LogP contribution in [0.15, 0.2) is 36.4 Å². The van der Waals surface area contributed by atoms with E-state index in [9.17, 15) is 0 Å². The van der Waals surface area contributed by atoms with E-state index < -0.39 is 0 Å². The first kappa shape index (κ1) is 31.7. The molecule has 4 aromatic carbocycles. The summed E-state index contributed by atoms with van der Waals surface area (Å²) in [6.07, 6.45) is 0. The summed E-state index contributed by atoms with van der Waals surface area (Å²) < 4.78 is 17.4. The number of halogens is 12. The van der Waals surface area contributed by atoms with Crippen LogP contribution in [0.1, 0.15) is 0 Å². The van der Waals surface area contributed by atoms with E-state index in [0.29, 0.717) is 0 Å². The van der Waals surface area contributed by atoms with E-state index in [2.05, 4.69) is 0 Å². The Labute approximate surface area is 282 Å². The number of hydrogen-bond donors (Lipinski definition) is 0. The third-order valence-electron chi connectivity index (χ3n) is 4.83. The minimum Gasteiger partial charge on any atom is -0.452 e. The summed E-state index contributed by atoms with van der Waals surface area (Å²) in [6, 6.07) is 9.43. The molecule has 0 aliphatic rings. The van der Waals surface area contributed by atoms with Crippen molar-refractivity contribution >= 4 is 139 Å². The molecule has 0 radical (unpaired) electrons. The smallest absolute Gasteiger partial charge is 0.168 e. The average molecular weight is 768 g/mol. The first-order chi connectivity index (χ1) is 18.3. The van der Waals surface area contributed by atoms with Gasteiger partial charge >= 0.3 is 0 Å². The zero-order valence-corrected chi connectivity index (χ0v) is 27.3. The van der Waals surface area contributed by atoms with Crippen molar-refractivity contribution in [3.05, 3.63) is 96.7 Å². The van der Waals surface area contributed by atoms with Crippen molar-refractivity contribution in [3.63, 3.8) is 0 Å². The van der Waals surface area contributed by atoms with Crippen molar-refractivity contribution in [2.24, 2.45) is 0 Å². The van der Waals surface area contributed by atoms with Gasteiger partial charge in [-0.1, -0.05) is 151 Å². The van der Waals surface area contributed by atoms with Crippen LogP contribution in [0, 0.1) is 0 Å². The predicted octanol–water partition coefficient (Wildman–Crippen LogP) is 14.9. The van der Waals surface area contributed by atoms with Gasteiger partial charge in [-0.15, -0.1) is 0 Å². The molecule has 0 saturated carbocycles. The Bertz CT molecular complexity index is 1450. The van der Waals surface area contributed by atoms with Gasteiger partial charge in [-0.25, -0.2) is 0 Å². The summed E-state index contributed by atoms with van der Waals surface area (Å²) >= 11 is 76.2. The van der Waals surface area contributed by atoms with Gasteiger partial charge in [-0.2, -0.15) is 0 Å². The molecule has 0 saturated heterocycles. The van der Waals surface area contributed by atoms with Crippen molar-refractivity contribution in [1.82, 2.24) is 0 Å². The molecule has 0 atom stereocenters. The number of ether oxygens (including phenoxy) is 3. The van der Waals surface area contributed by atoms with Gasteiger partial charge in [0.15, 0.2) is 23.0 Å². The molecule has 4 aromatic rings. The van der Waals surface area contributed by atoms with Crippen LogP contribution in [-0.2, 0) is 0 Å². The van der Waals surface area contributed by atoms with Crippen LogP contribution in [0.4, 0.5) is 0 Å². The van der Waals surface area contributed by atoms with Crippen molar-refractivity contribution in [2.75, 3.05) is 0 Å². The summed E-state index contributed by atoms with van der Waals surface area (Å²) in [6.45, 7) is 0. The number of benzene rings is 4. The SMILES string of the molecule is Clc1cccc(Oc2c(Cl)c(Cl)c(Oc3c(Cl)c(Cl)c(Oc4cccc(Cl)c4Cl)c(Cl)c3Cl)c(Cl)c2Cl)c1Cl. The highest BCUT2D eigenvalue weighted by atomic mass is 35.5. The van der Waals surface area contributed by atoms with Gasteiger partial charge in [0.05, 0.1) is 10.0 Å². The first-order valence-corrected chi connectivity index (χ1v) is 14.5. The molecule has 39 heavy (non-hydrogen) atoms. The lowest BCUT2D eigenvalue weighted by atomic mass is 10.2. The van der Waals surface area contributed by atoms with Gasteiger partial charge in [-0.05, 0) is 24.3 Å². The van der Waals surface area contributed by atoms with Crippen molar-refractivity contribution in [1.29, 1.82) is 0 Å². The fraction of sp³-hybridized carbons (Fsp3) is 0. The maximum absolute atomic E-state index is 6.47. The molecular formula is C24H6Cl12O3. The topological polar surface area (TPSA) is 27.7 Å². The van der Waals surface area contributed by atoms with Gasteiger partial charge in [-0.3, -0.25) is 0 Å². The standard InChI is InChI=1S/C24H6Cl12O3/c25-7-3-1-5-9(11(7)27)37-21-13(29)17(33)23(18(34)14(21)30)39-24-19(35)15(31)22(16(32)20(24)36)38-10-6-2-4-8(26)12(10)28/h1-6H. The summed E-state index contributed by atoms with van der Waals surface area (Å²) in [5.41, 5.74) is 0. The lowest BCUT2D eigenvalue weighted by Gasteiger charge is -2.20. The molecule has 15 heteroatoms. The fourth-order valence-electron chi connectivity index (χ4n) is 2.99. The Morgan fingerprint density at radius 1 is 0.308 bits per heavy atom. The monoisotopic (exact) mass is 762 g/mol. The summed E-state index contributed by atoms with van der Waals surface area (Å²) in [5, 5.41) is -0.790. The van der Waals surface area contributed by atoms with Crippen LogP contribution in [0.2, 0.25) is 60.3 Å². The van der Waals surface area contributed by atoms with E-state index in [1.165, 1.54) is 12.1 Å². The Hall–Kier alpha value is -0.240. The maximum atomic E-state index is 6.47. The second-order valence-electron chi connectivity index (χ2n) is 7.24. The molecule has 0 aromatic heterocycles. The van der Waals surface area contributed by atoms with E-state index in [-0.39, 0.29) is 94.8 Å². The zero-order valence-electron chi connectivity index (χ0n) is 18.2. The maximum Gasteiger partial charge on any atom is 0.168 e.